The van der Waals surface area contributed by atoms with E-state index in [1.54, 1.807) is 6.07 Å². The van der Waals surface area contributed by atoms with Crippen molar-refractivity contribution >= 4 is 17.5 Å². The first kappa shape index (κ1) is 17.5. The maximum absolute atomic E-state index is 12.4. The van der Waals surface area contributed by atoms with Gasteiger partial charge < -0.3 is 10.2 Å². The molecule has 0 aliphatic carbocycles. The van der Waals surface area contributed by atoms with Crippen LogP contribution in [0, 0.1) is 0 Å². The Balaban J connectivity index is 2.05. The molecule has 0 aliphatic rings. The van der Waals surface area contributed by atoms with E-state index in [2.05, 4.69) is 17.4 Å². The highest BCUT2D eigenvalue weighted by Crippen LogP contribution is 2.18. The summed E-state index contributed by atoms with van der Waals surface area (Å²) in [6.07, 6.45) is 1.72. The molecule has 0 fully saturated rings. The normalized spacial score (nSPS) is 10.8. The Bertz CT molecular complexity index is 641. The van der Waals surface area contributed by atoms with Crippen molar-refractivity contribution in [1.29, 1.82) is 0 Å². The number of aryl methyl sites for hydroxylation is 2. The summed E-state index contributed by atoms with van der Waals surface area (Å²) >= 11 is 6.07. The van der Waals surface area contributed by atoms with Crippen molar-refractivity contribution < 1.29 is 4.79 Å². The first-order valence-electron chi connectivity index (χ1n) is 7.81. The van der Waals surface area contributed by atoms with Crippen LogP contribution in [0.25, 0.3) is 0 Å². The molecule has 0 saturated heterocycles. The van der Waals surface area contributed by atoms with Crippen LogP contribution in [0.3, 0.4) is 0 Å². The smallest absolute Gasteiger partial charge is 0.251 e. The summed E-state index contributed by atoms with van der Waals surface area (Å²) in [5.41, 5.74) is 2.97. The molecule has 122 valence electrons. The Kier molecular flexibility index (Phi) is 6.63. The molecule has 0 aliphatic heterocycles. The minimum Gasteiger partial charge on any atom is -0.351 e. The average molecular weight is 331 g/mol. The summed E-state index contributed by atoms with van der Waals surface area (Å²) < 4.78 is 0. The fraction of sp³-hybridized carbons (Fsp3) is 0.316. The molecule has 1 amide bonds. The van der Waals surface area contributed by atoms with Crippen molar-refractivity contribution in [3.63, 3.8) is 0 Å². The quantitative estimate of drug-likeness (QED) is 0.843. The fourth-order valence-corrected chi connectivity index (χ4v) is 2.56. The Labute approximate surface area is 143 Å². The maximum Gasteiger partial charge on any atom is 0.251 e. The summed E-state index contributed by atoms with van der Waals surface area (Å²) in [5.74, 6) is -0.0580. The van der Waals surface area contributed by atoms with Gasteiger partial charge in [0.05, 0.1) is 0 Å². The van der Waals surface area contributed by atoms with Gasteiger partial charge in [-0.25, -0.2) is 0 Å². The molecular weight excluding hydrogens is 308 g/mol. The molecule has 0 atom stereocenters. The second-order valence-electron chi connectivity index (χ2n) is 5.85. The molecule has 2 aromatic carbocycles. The van der Waals surface area contributed by atoms with Crippen LogP contribution in [0.15, 0.2) is 48.5 Å². The van der Waals surface area contributed by atoms with E-state index in [1.165, 1.54) is 5.56 Å². The molecule has 0 radical (unpaired) electrons. The third-order valence-electron chi connectivity index (χ3n) is 3.69. The molecular formula is C19H23ClN2O. The van der Waals surface area contributed by atoms with Crippen LogP contribution >= 0.6 is 11.6 Å². The van der Waals surface area contributed by atoms with Gasteiger partial charge in [0, 0.05) is 23.7 Å². The standard InChI is InChI=1S/C19H23ClN2O/c1-22(2)13-12-21-19(23)18-14-17(20)11-10-16(18)9-8-15-6-4-3-5-7-15/h3-7,10-11,14H,8-9,12-13H2,1-2H3,(H,21,23). The van der Waals surface area contributed by atoms with E-state index in [0.29, 0.717) is 17.1 Å². The van der Waals surface area contributed by atoms with Crippen molar-refractivity contribution in [2.45, 2.75) is 12.8 Å². The minimum absolute atomic E-state index is 0.0580. The van der Waals surface area contributed by atoms with E-state index in [4.69, 9.17) is 11.6 Å². The zero-order chi connectivity index (χ0) is 16.7. The van der Waals surface area contributed by atoms with E-state index < -0.39 is 0 Å². The number of carbonyl (C=O) groups is 1. The molecule has 1 N–H and O–H groups in total. The largest absolute Gasteiger partial charge is 0.351 e. The molecule has 2 rings (SSSR count). The highest BCUT2D eigenvalue weighted by Gasteiger charge is 2.12. The Morgan fingerprint density at radius 1 is 1.09 bits per heavy atom. The van der Waals surface area contributed by atoms with Crippen LogP contribution < -0.4 is 5.32 Å². The molecule has 0 spiro atoms. The second-order valence-corrected chi connectivity index (χ2v) is 6.28. The van der Waals surface area contributed by atoms with Crippen LogP contribution in [-0.4, -0.2) is 38.0 Å². The summed E-state index contributed by atoms with van der Waals surface area (Å²) in [6.45, 7) is 1.43. The highest BCUT2D eigenvalue weighted by atomic mass is 35.5. The molecule has 4 heteroatoms. The lowest BCUT2D eigenvalue weighted by atomic mass is 9.99. The number of nitrogens with one attached hydrogen (secondary N) is 1. The minimum atomic E-state index is -0.0580. The monoisotopic (exact) mass is 330 g/mol. The van der Waals surface area contributed by atoms with Crippen LogP contribution in [0.1, 0.15) is 21.5 Å². The van der Waals surface area contributed by atoms with E-state index in [1.807, 2.05) is 49.3 Å². The Morgan fingerprint density at radius 2 is 1.83 bits per heavy atom. The predicted molar refractivity (Wildman–Crippen MR) is 96.2 cm³/mol. The van der Waals surface area contributed by atoms with E-state index in [0.717, 1.165) is 24.9 Å². The van der Waals surface area contributed by atoms with E-state index >= 15 is 0 Å². The third kappa shape index (κ3) is 5.70. The van der Waals surface area contributed by atoms with Crippen LogP contribution in [0.5, 0.6) is 0 Å². The molecule has 0 unspecified atom stereocenters. The summed E-state index contributed by atoms with van der Waals surface area (Å²) in [5, 5.41) is 3.55. The van der Waals surface area contributed by atoms with Gasteiger partial charge in [0.2, 0.25) is 0 Å². The SMILES string of the molecule is CN(C)CCNC(=O)c1cc(Cl)ccc1CCc1ccccc1. The van der Waals surface area contributed by atoms with E-state index in [9.17, 15) is 4.79 Å². The number of rotatable bonds is 7. The van der Waals surface area contributed by atoms with Crippen molar-refractivity contribution in [3.8, 4) is 0 Å². The fourth-order valence-electron chi connectivity index (χ4n) is 2.39. The van der Waals surface area contributed by atoms with Gasteiger partial charge in [-0.3, -0.25) is 4.79 Å². The number of carbonyl (C=O) groups excluding carboxylic acids is 1. The van der Waals surface area contributed by atoms with Gasteiger partial charge in [-0.1, -0.05) is 48.0 Å². The molecule has 0 aromatic heterocycles. The number of likely N-dealkylation sites (N-methyl/N-ethyl adjacent to an activating group) is 1. The van der Waals surface area contributed by atoms with Crippen molar-refractivity contribution in [3.05, 3.63) is 70.2 Å². The molecule has 3 nitrogen and oxygen atoms in total. The third-order valence-corrected chi connectivity index (χ3v) is 3.92. The number of halogens is 1. The van der Waals surface area contributed by atoms with Gasteiger partial charge in [0.1, 0.15) is 0 Å². The lowest BCUT2D eigenvalue weighted by molar-refractivity contribution is 0.0950. The van der Waals surface area contributed by atoms with Crippen LogP contribution in [0.2, 0.25) is 5.02 Å². The Hall–Kier alpha value is -1.84. The molecule has 0 saturated carbocycles. The number of amides is 1. The zero-order valence-corrected chi connectivity index (χ0v) is 14.4. The van der Waals surface area contributed by atoms with Crippen molar-refractivity contribution in [2.24, 2.45) is 0 Å². The zero-order valence-electron chi connectivity index (χ0n) is 13.7. The lowest BCUT2D eigenvalue weighted by Crippen LogP contribution is -2.31. The summed E-state index contributed by atoms with van der Waals surface area (Å²) in [6, 6.07) is 15.8. The van der Waals surface area contributed by atoms with Gasteiger partial charge in [0.15, 0.2) is 0 Å². The number of benzene rings is 2. The van der Waals surface area contributed by atoms with Crippen molar-refractivity contribution in [1.82, 2.24) is 10.2 Å². The van der Waals surface area contributed by atoms with Gasteiger partial charge in [-0.15, -0.1) is 0 Å². The number of hydrogen-bond donors (Lipinski definition) is 1. The van der Waals surface area contributed by atoms with Crippen molar-refractivity contribution in [2.75, 3.05) is 27.2 Å². The summed E-state index contributed by atoms with van der Waals surface area (Å²) in [7, 11) is 3.97. The molecule has 23 heavy (non-hydrogen) atoms. The van der Waals surface area contributed by atoms with Gasteiger partial charge >= 0.3 is 0 Å². The molecule has 0 heterocycles. The topological polar surface area (TPSA) is 32.3 Å². The first-order chi connectivity index (χ1) is 11.1. The first-order valence-corrected chi connectivity index (χ1v) is 8.19. The summed E-state index contributed by atoms with van der Waals surface area (Å²) in [4.78, 5) is 14.5. The number of hydrogen-bond acceptors (Lipinski definition) is 2. The molecule has 0 bridgehead atoms. The average Bonchev–Trinajstić information content (AvgIpc) is 2.54. The van der Waals surface area contributed by atoms with E-state index in [-0.39, 0.29) is 5.91 Å². The van der Waals surface area contributed by atoms with Gasteiger partial charge in [0.25, 0.3) is 5.91 Å². The highest BCUT2D eigenvalue weighted by molar-refractivity contribution is 6.31. The molecule has 2 aromatic rings. The predicted octanol–water partition coefficient (Wildman–Crippen LogP) is 3.42. The Morgan fingerprint density at radius 3 is 2.52 bits per heavy atom. The van der Waals surface area contributed by atoms with Crippen LogP contribution in [0.4, 0.5) is 0 Å². The van der Waals surface area contributed by atoms with Gasteiger partial charge in [-0.2, -0.15) is 0 Å². The lowest BCUT2D eigenvalue weighted by Gasteiger charge is -2.13. The maximum atomic E-state index is 12.4. The second kappa shape index (κ2) is 8.70. The van der Waals surface area contributed by atoms with Crippen LogP contribution in [-0.2, 0) is 12.8 Å². The van der Waals surface area contributed by atoms with Gasteiger partial charge in [-0.05, 0) is 50.2 Å². The number of nitrogens with zero attached hydrogens (tertiary/aromatic N) is 1.